The Hall–Kier alpha value is -1.62. The predicted octanol–water partition coefficient (Wildman–Crippen LogP) is 1.54. The van der Waals surface area contributed by atoms with Gasteiger partial charge in [-0.05, 0) is 11.6 Å². The molecule has 0 amide bonds. The van der Waals surface area contributed by atoms with E-state index in [4.69, 9.17) is 5.26 Å². The summed E-state index contributed by atoms with van der Waals surface area (Å²) in [4.78, 5) is 3.12. The van der Waals surface area contributed by atoms with Gasteiger partial charge < -0.3 is 0 Å². The third-order valence-electron chi connectivity index (χ3n) is 1.79. The molecule has 0 unspecified atom stereocenters. The lowest BCUT2D eigenvalue weighted by Gasteiger charge is -2.06. The van der Waals surface area contributed by atoms with Crippen LogP contribution in [-0.2, 0) is 21.8 Å². The highest BCUT2D eigenvalue weighted by Crippen LogP contribution is 2.27. The van der Waals surface area contributed by atoms with Crippen LogP contribution in [0.15, 0.2) is 18.3 Å². The van der Waals surface area contributed by atoms with Gasteiger partial charge in [-0.3, -0.25) is 4.98 Å². The van der Waals surface area contributed by atoms with Crippen LogP contribution in [0.4, 0.5) is 13.2 Å². The van der Waals surface area contributed by atoms with Crippen LogP contribution in [0, 0.1) is 11.3 Å². The summed E-state index contributed by atoms with van der Waals surface area (Å²) in [5, 5.41) is 8.24. The van der Waals surface area contributed by atoms with Gasteiger partial charge in [0, 0.05) is 6.20 Å². The summed E-state index contributed by atoms with van der Waals surface area (Å²) in [6.45, 7) is 0. The molecular formula is C9H7F3N2O2S. The lowest BCUT2D eigenvalue weighted by molar-refractivity contribution is -0.141. The summed E-state index contributed by atoms with van der Waals surface area (Å²) in [6, 6.07) is 3.21. The molecule has 0 aliphatic carbocycles. The zero-order valence-corrected chi connectivity index (χ0v) is 9.22. The number of sulfone groups is 1. The summed E-state index contributed by atoms with van der Waals surface area (Å²) < 4.78 is 58.9. The molecule has 17 heavy (non-hydrogen) atoms. The second-order valence-electron chi connectivity index (χ2n) is 3.24. The Kier molecular flexibility index (Phi) is 3.72. The molecule has 0 saturated carbocycles. The molecule has 1 heterocycles. The minimum absolute atomic E-state index is 0.119. The zero-order valence-electron chi connectivity index (χ0n) is 8.40. The van der Waals surface area contributed by atoms with Gasteiger partial charge in [-0.1, -0.05) is 6.07 Å². The van der Waals surface area contributed by atoms with E-state index in [0.29, 0.717) is 6.07 Å². The first-order valence-corrected chi connectivity index (χ1v) is 6.16. The molecule has 0 fully saturated rings. The molecule has 1 aromatic rings. The van der Waals surface area contributed by atoms with Crippen LogP contribution in [0.25, 0.3) is 0 Å². The van der Waals surface area contributed by atoms with Crippen molar-refractivity contribution in [3.8, 4) is 6.07 Å². The Morgan fingerprint density at radius 2 is 2.00 bits per heavy atom. The van der Waals surface area contributed by atoms with Crippen molar-refractivity contribution in [3.05, 3.63) is 29.6 Å². The topological polar surface area (TPSA) is 70.8 Å². The SMILES string of the molecule is N#CCS(=O)(=O)Cc1ccc(C(F)(F)F)nc1. The van der Waals surface area contributed by atoms with Crippen LogP contribution in [0.1, 0.15) is 11.3 Å². The second-order valence-corrected chi connectivity index (χ2v) is 5.30. The van der Waals surface area contributed by atoms with E-state index < -0.39 is 33.2 Å². The lowest BCUT2D eigenvalue weighted by atomic mass is 10.3. The van der Waals surface area contributed by atoms with Crippen molar-refractivity contribution in [2.24, 2.45) is 0 Å². The average Bonchev–Trinajstić information content (AvgIpc) is 2.16. The molecule has 4 nitrogen and oxygen atoms in total. The third kappa shape index (κ3) is 4.03. The van der Waals surface area contributed by atoms with Crippen LogP contribution in [0.3, 0.4) is 0 Å². The minimum Gasteiger partial charge on any atom is -0.251 e. The molecule has 0 aromatic carbocycles. The number of pyridine rings is 1. The normalized spacial score (nSPS) is 12.1. The molecule has 8 heteroatoms. The smallest absolute Gasteiger partial charge is 0.251 e. The largest absolute Gasteiger partial charge is 0.433 e. The number of hydrogen-bond acceptors (Lipinski definition) is 4. The quantitative estimate of drug-likeness (QED) is 0.830. The Labute approximate surface area is 95.6 Å². The van der Waals surface area contributed by atoms with Gasteiger partial charge in [0.05, 0.1) is 11.8 Å². The molecule has 0 bridgehead atoms. The highest BCUT2D eigenvalue weighted by atomic mass is 32.2. The van der Waals surface area contributed by atoms with Crippen molar-refractivity contribution < 1.29 is 21.6 Å². The van der Waals surface area contributed by atoms with Crippen molar-refractivity contribution in [1.29, 1.82) is 5.26 Å². The van der Waals surface area contributed by atoms with Crippen molar-refractivity contribution >= 4 is 9.84 Å². The minimum atomic E-state index is -4.55. The number of rotatable bonds is 3. The fourth-order valence-corrected chi connectivity index (χ4v) is 2.06. The Bertz CT molecular complexity index is 529. The number of alkyl halides is 3. The van der Waals surface area contributed by atoms with Crippen molar-refractivity contribution in [2.45, 2.75) is 11.9 Å². The van der Waals surface area contributed by atoms with Crippen LogP contribution < -0.4 is 0 Å². The van der Waals surface area contributed by atoms with Crippen LogP contribution in [0.2, 0.25) is 0 Å². The maximum Gasteiger partial charge on any atom is 0.433 e. The Balaban J connectivity index is 2.87. The van der Waals surface area contributed by atoms with Crippen molar-refractivity contribution in [2.75, 3.05) is 5.75 Å². The predicted molar refractivity (Wildman–Crippen MR) is 52.3 cm³/mol. The molecule has 92 valence electrons. The van der Waals surface area contributed by atoms with Crippen molar-refractivity contribution in [1.82, 2.24) is 4.98 Å². The van der Waals surface area contributed by atoms with Gasteiger partial charge in [0.15, 0.2) is 9.84 Å². The molecule has 1 rings (SSSR count). The van der Waals surface area contributed by atoms with Crippen LogP contribution >= 0.6 is 0 Å². The Morgan fingerprint density at radius 3 is 2.41 bits per heavy atom. The molecular weight excluding hydrogens is 257 g/mol. The van der Waals surface area contributed by atoms with Gasteiger partial charge >= 0.3 is 6.18 Å². The van der Waals surface area contributed by atoms with Gasteiger partial charge in [-0.2, -0.15) is 18.4 Å². The van der Waals surface area contributed by atoms with E-state index in [0.717, 1.165) is 12.3 Å². The summed E-state index contributed by atoms with van der Waals surface area (Å²) in [5.41, 5.74) is -0.966. The first-order chi connectivity index (χ1) is 7.74. The van der Waals surface area contributed by atoms with Crippen molar-refractivity contribution in [3.63, 3.8) is 0 Å². The molecule has 0 aliphatic rings. The molecule has 0 aliphatic heterocycles. The number of aromatic nitrogens is 1. The maximum atomic E-state index is 12.2. The van der Waals surface area contributed by atoms with Gasteiger partial charge in [0.1, 0.15) is 11.4 Å². The first kappa shape index (κ1) is 13.4. The lowest BCUT2D eigenvalue weighted by Crippen LogP contribution is -2.10. The van der Waals surface area contributed by atoms with E-state index in [1.165, 1.54) is 6.07 Å². The fourth-order valence-electron chi connectivity index (χ4n) is 1.08. The number of halogens is 3. The highest BCUT2D eigenvalue weighted by Gasteiger charge is 2.32. The van der Waals surface area contributed by atoms with E-state index in [1.807, 2.05) is 0 Å². The molecule has 0 atom stereocenters. The van der Waals surface area contributed by atoms with E-state index >= 15 is 0 Å². The van der Waals surface area contributed by atoms with E-state index in [-0.39, 0.29) is 5.56 Å². The number of nitriles is 1. The summed E-state index contributed by atoms with van der Waals surface area (Å²) in [7, 11) is -3.62. The third-order valence-corrected chi connectivity index (χ3v) is 3.13. The summed E-state index contributed by atoms with van der Waals surface area (Å²) in [6.07, 6.45) is -3.71. The van der Waals surface area contributed by atoms with Gasteiger partial charge in [-0.25, -0.2) is 8.42 Å². The van der Waals surface area contributed by atoms with Crippen LogP contribution in [0.5, 0.6) is 0 Å². The fraction of sp³-hybridized carbons (Fsp3) is 0.333. The molecule has 0 saturated heterocycles. The van der Waals surface area contributed by atoms with E-state index in [1.54, 1.807) is 0 Å². The molecule has 0 N–H and O–H groups in total. The number of hydrogen-bond donors (Lipinski definition) is 0. The first-order valence-electron chi connectivity index (χ1n) is 4.34. The average molecular weight is 264 g/mol. The molecule has 1 aromatic heterocycles. The monoisotopic (exact) mass is 264 g/mol. The van der Waals surface area contributed by atoms with Gasteiger partial charge in [0.2, 0.25) is 0 Å². The van der Waals surface area contributed by atoms with E-state index in [2.05, 4.69) is 4.98 Å². The van der Waals surface area contributed by atoms with Gasteiger partial charge in [0.25, 0.3) is 0 Å². The Morgan fingerprint density at radius 1 is 1.35 bits per heavy atom. The molecule has 0 spiro atoms. The highest BCUT2D eigenvalue weighted by molar-refractivity contribution is 7.90. The molecule has 0 radical (unpaired) electrons. The zero-order chi connectivity index (χ0) is 13.1. The summed E-state index contributed by atoms with van der Waals surface area (Å²) in [5.74, 6) is -1.17. The second kappa shape index (κ2) is 4.71. The van der Waals surface area contributed by atoms with Crippen LogP contribution in [-0.4, -0.2) is 19.2 Å². The summed E-state index contributed by atoms with van der Waals surface area (Å²) >= 11 is 0. The maximum absolute atomic E-state index is 12.2. The van der Waals surface area contributed by atoms with Gasteiger partial charge in [-0.15, -0.1) is 0 Å². The van der Waals surface area contributed by atoms with E-state index in [9.17, 15) is 21.6 Å². The standard InChI is InChI=1S/C9H7F3N2O2S/c10-9(11,12)8-2-1-7(5-14-8)6-17(15,16)4-3-13/h1-2,5H,4,6H2. The number of nitrogens with zero attached hydrogens (tertiary/aromatic N) is 2.